The Balaban J connectivity index is 1.40. The fourth-order valence-corrected chi connectivity index (χ4v) is 11.7. The van der Waals surface area contributed by atoms with Crippen LogP contribution in [0.1, 0.15) is 80.2 Å². The van der Waals surface area contributed by atoms with Crippen LogP contribution in [0.3, 0.4) is 0 Å². The van der Waals surface area contributed by atoms with E-state index in [1.165, 1.54) is 71.6 Å². The van der Waals surface area contributed by atoms with Gasteiger partial charge in [0.25, 0.3) is 0 Å². The molecule has 0 saturated heterocycles. The zero-order valence-electron chi connectivity index (χ0n) is 30.6. The lowest BCUT2D eigenvalue weighted by Crippen LogP contribution is -2.48. The molecule has 6 aromatic rings. The van der Waals surface area contributed by atoms with E-state index in [4.69, 9.17) is 4.74 Å². The van der Waals surface area contributed by atoms with Crippen molar-refractivity contribution in [1.82, 2.24) is 0 Å². The summed E-state index contributed by atoms with van der Waals surface area (Å²) >= 11 is 0. The lowest BCUT2D eigenvalue weighted by atomic mass is 9.94. The molecule has 0 radical (unpaired) electrons. The van der Waals surface area contributed by atoms with E-state index in [0.29, 0.717) is 18.4 Å². The average molecular weight is 671 g/mol. The monoisotopic (exact) mass is 670 g/mol. The smallest absolute Gasteiger partial charge is 0.126 e. The Labute approximate surface area is 300 Å². The summed E-state index contributed by atoms with van der Waals surface area (Å²) in [6.45, 7) is 18.7. The Morgan fingerprint density at radius 1 is 0.640 bits per heavy atom. The van der Waals surface area contributed by atoms with Crippen LogP contribution in [0.25, 0.3) is 44.2 Å². The number of fused-ring (bicyclic) bond motifs is 4. The van der Waals surface area contributed by atoms with Gasteiger partial charge in [0.1, 0.15) is 12.4 Å². The summed E-state index contributed by atoms with van der Waals surface area (Å²) in [5, 5.41) is 3.74. The van der Waals surface area contributed by atoms with Crippen molar-refractivity contribution in [3.63, 3.8) is 0 Å². The summed E-state index contributed by atoms with van der Waals surface area (Å²) in [5.41, 5.74) is 13.8. The SMILES string of the molecule is C=CCOc1c([Si](C)(C)C2c3cc(-c4ccc(C(C)CC)cc4)ccc3-c3ccc(-c4ccc(C(C)CC)cc4)cc32)ccc2ccccc12. The van der Waals surface area contributed by atoms with Gasteiger partial charge >= 0.3 is 0 Å². The van der Waals surface area contributed by atoms with Crippen LogP contribution in [0.5, 0.6) is 5.75 Å². The first-order chi connectivity index (χ1) is 24.2. The Kier molecular flexibility index (Phi) is 9.42. The molecular formula is C48H50OSi. The lowest BCUT2D eigenvalue weighted by Gasteiger charge is -2.34. The summed E-state index contributed by atoms with van der Waals surface area (Å²) in [5.74, 6) is 2.15. The van der Waals surface area contributed by atoms with E-state index in [2.05, 4.69) is 169 Å². The van der Waals surface area contributed by atoms with E-state index in [1.807, 2.05) is 6.08 Å². The van der Waals surface area contributed by atoms with Gasteiger partial charge in [-0.1, -0.05) is 175 Å². The van der Waals surface area contributed by atoms with E-state index in [0.717, 1.165) is 18.6 Å². The predicted octanol–water partition coefficient (Wildman–Crippen LogP) is 13.0. The molecule has 0 saturated carbocycles. The summed E-state index contributed by atoms with van der Waals surface area (Å²) < 4.78 is 6.60. The minimum Gasteiger partial charge on any atom is -0.489 e. The standard InChI is InChI=1S/C48H50OSi/c1-8-29-49-47-41-14-12-11-13-38(41)25-28-46(47)50(6,7)48-44-30-39(36-19-15-34(16-20-36)32(4)9-2)23-26-42(44)43-27-24-40(31-45(43)48)37-21-17-35(18-22-37)33(5)10-3/h8,11-28,30-33,48H,1,9-10,29H2,2-7H3. The molecule has 0 N–H and O–H groups in total. The van der Waals surface area contributed by atoms with E-state index >= 15 is 0 Å². The maximum absolute atomic E-state index is 6.60. The van der Waals surface area contributed by atoms with Crippen LogP contribution in [0.4, 0.5) is 0 Å². The molecule has 0 aromatic heterocycles. The lowest BCUT2D eigenvalue weighted by molar-refractivity contribution is 0.370. The Hall–Kier alpha value is -4.66. The van der Waals surface area contributed by atoms with Gasteiger partial charge in [0.2, 0.25) is 0 Å². The summed E-state index contributed by atoms with van der Waals surface area (Å²) in [4.78, 5) is 0. The molecule has 0 amide bonds. The van der Waals surface area contributed by atoms with Crippen LogP contribution in [0.2, 0.25) is 13.1 Å². The van der Waals surface area contributed by atoms with Gasteiger partial charge in [0.05, 0.1) is 8.07 Å². The second-order valence-electron chi connectivity index (χ2n) is 14.9. The molecule has 6 aromatic carbocycles. The maximum atomic E-state index is 6.60. The second-order valence-corrected chi connectivity index (χ2v) is 19.4. The van der Waals surface area contributed by atoms with Gasteiger partial charge in [-0.15, -0.1) is 0 Å². The zero-order chi connectivity index (χ0) is 35.0. The van der Waals surface area contributed by atoms with Crippen molar-refractivity contribution in [2.24, 2.45) is 0 Å². The highest BCUT2D eigenvalue weighted by molar-refractivity contribution is 6.92. The van der Waals surface area contributed by atoms with Gasteiger partial charge in [0.15, 0.2) is 0 Å². The van der Waals surface area contributed by atoms with Crippen molar-refractivity contribution in [3.8, 4) is 39.1 Å². The molecule has 50 heavy (non-hydrogen) atoms. The van der Waals surface area contributed by atoms with Gasteiger partial charge < -0.3 is 4.74 Å². The van der Waals surface area contributed by atoms with Gasteiger partial charge in [-0.05, 0) is 90.9 Å². The molecule has 0 spiro atoms. The quantitative estimate of drug-likeness (QED) is 0.0984. The minimum atomic E-state index is -2.33. The molecule has 0 fully saturated rings. The van der Waals surface area contributed by atoms with Crippen LogP contribution in [-0.2, 0) is 0 Å². The van der Waals surface area contributed by atoms with Crippen LogP contribution < -0.4 is 9.92 Å². The Morgan fingerprint density at radius 3 is 1.64 bits per heavy atom. The van der Waals surface area contributed by atoms with Crippen molar-refractivity contribution >= 4 is 24.0 Å². The third-order valence-corrected chi connectivity index (χ3v) is 15.4. The molecule has 1 aliphatic rings. The number of benzene rings is 6. The molecule has 2 heteroatoms. The first-order valence-electron chi connectivity index (χ1n) is 18.5. The largest absolute Gasteiger partial charge is 0.489 e. The summed E-state index contributed by atoms with van der Waals surface area (Å²) in [6.07, 6.45) is 4.15. The second kappa shape index (κ2) is 13.9. The number of rotatable bonds is 11. The van der Waals surface area contributed by atoms with Crippen molar-refractivity contribution in [1.29, 1.82) is 0 Å². The molecule has 252 valence electrons. The number of hydrogen-bond acceptors (Lipinski definition) is 1. The molecule has 0 heterocycles. The Bertz CT molecular complexity index is 2050. The third-order valence-electron chi connectivity index (χ3n) is 11.5. The van der Waals surface area contributed by atoms with Crippen molar-refractivity contribution in [2.45, 2.75) is 71.0 Å². The van der Waals surface area contributed by atoms with Gasteiger partial charge in [-0.3, -0.25) is 0 Å². The molecule has 7 rings (SSSR count). The summed E-state index contributed by atoms with van der Waals surface area (Å²) in [7, 11) is -2.33. The zero-order valence-corrected chi connectivity index (χ0v) is 31.6. The van der Waals surface area contributed by atoms with Crippen LogP contribution >= 0.6 is 0 Å². The highest BCUT2D eigenvalue weighted by atomic mass is 28.3. The normalized spacial score (nSPS) is 15.0. The average Bonchev–Trinajstić information content (AvgIpc) is 3.50. The molecule has 1 aliphatic carbocycles. The third kappa shape index (κ3) is 6.05. The van der Waals surface area contributed by atoms with E-state index in [9.17, 15) is 0 Å². The van der Waals surface area contributed by atoms with E-state index in [-0.39, 0.29) is 5.54 Å². The molecule has 0 aliphatic heterocycles. The highest BCUT2D eigenvalue weighted by Gasteiger charge is 2.44. The van der Waals surface area contributed by atoms with Crippen LogP contribution in [0, 0.1) is 0 Å². The molecule has 2 atom stereocenters. The minimum absolute atomic E-state index is 0.249. The van der Waals surface area contributed by atoms with E-state index < -0.39 is 8.07 Å². The van der Waals surface area contributed by atoms with Crippen LogP contribution in [-0.4, -0.2) is 14.7 Å². The van der Waals surface area contributed by atoms with Crippen molar-refractivity contribution in [3.05, 3.63) is 156 Å². The molecule has 0 bridgehead atoms. The topological polar surface area (TPSA) is 9.23 Å². The van der Waals surface area contributed by atoms with Crippen molar-refractivity contribution in [2.75, 3.05) is 6.61 Å². The maximum Gasteiger partial charge on any atom is 0.126 e. The Morgan fingerprint density at radius 2 is 1.14 bits per heavy atom. The van der Waals surface area contributed by atoms with Crippen LogP contribution in [0.15, 0.2) is 134 Å². The van der Waals surface area contributed by atoms with Gasteiger partial charge in [0, 0.05) is 10.9 Å². The number of ether oxygens (including phenoxy) is 1. The molecular weight excluding hydrogens is 621 g/mol. The summed E-state index contributed by atoms with van der Waals surface area (Å²) in [6, 6.07) is 46.2. The number of hydrogen-bond donors (Lipinski definition) is 0. The van der Waals surface area contributed by atoms with E-state index in [1.54, 1.807) is 0 Å². The fourth-order valence-electron chi connectivity index (χ4n) is 8.08. The van der Waals surface area contributed by atoms with Crippen molar-refractivity contribution < 1.29 is 4.74 Å². The fraction of sp³-hybridized carbons (Fsp3) is 0.250. The first-order valence-corrected chi connectivity index (χ1v) is 21.6. The predicted molar refractivity (Wildman–Crippen MR) is 219 cm³/mol. The molecule has 2 unspecified atom stereocenters. The van der Waals surface area contributed by atoms with Gasteiger partial charge in [-0.2, -0.15) is 0 Å². The molecule has 1 nitrogen and oxygen atoms in total. The first kappa shape index (κ1) is 33.8. The van der Waals surface area contributed by atoms with Gasteiger partial charge in [-0.25, -0.2) is 0 Å². The highest BCUT2D eigenvalue weighted by Crippen LogP contribution is 2.51.